The summed E-state index contributed by atoms with van der Waals surface area (Å²) in [6.07, 6.45) is -4.50. The highest BCUT2D eigenvalue weighted by Crippen LogP contribution is 2.35. The number of ether oxygens (including phenoxy) is 1. The highest BCUT2D eigenvalue weighted by atomic mass is 127. The molecule has 0 aliphatic heterocycles. The number of halogens is 5. The molecule has 0 atom stereocenters. The van der Waals surface area contributed by atoms with E-state index >= 15 is 0 Å². The summed E-state index contributed by atoms with van der Waals surface area (Å²) in [4.78, 5) is 10.8. The maximum atomic E-state index is 13.8. The summed E-state index contributed by atoms with van der Waals surface area (Å²) in [6.45, 7) is 0. The minimum atomic E-state index is -5.01. The Kier molecular flexibility index (Phi) is 4.31. The molecule has 0 radical (unpaired) electrons. The number of nitrogens with zero attached hydrogens (tertiary/aromatic N) is 2. The van der Waals surface area contributed by atoms with Crippen molar-refractivity contribution in [1.29, 1.82) is 0 Å². The number of rotatable bonds is 3. The standard InChI is InChI=1S/C12H7F4IN2O3/c1-22-9-7(13)2-5(3-8(9)17)19-10(12(14,15)16)6(4-18-19)11(20)21/h2-4H,1H3,(H,20,21)/p-1. The van der Waals surface area contributed by atoms with Crippen molar-refractivity contribution in [3.8, 4) is 11.4 Å². The third-order valence-electron chi connectivity index (χ3n) is 2.69. The lowest BCUT2D eigenvalue weighted by Gasteiger charge is -2.14. The first-order valence-electron chi connectivity index (χ1n) is 5.56. The van der Waals surface area contributed by atoms with Gasteiger partial charge in [-0.1, -0.05) is 0 Å². The average Bonchev–Trinajstić information content (AvgIpc) is 2.82. The molecule has 1 heterocycles. The van der Waals surface area contributed by atoms with Crippen LogP contribution < -0.4 is 9.84 Å². The van der Waals surface area contributed by atoms with E-state index in [9.17, 15) is 27.5 Å². The van der Waals surface area contributed by atoms with Crippen LogP contribution in [0.3, 0.4) is 0 Å². The summed E-state index contributed by atoms with van der Waals surface area (Å²) in [5.41, 5.74) is -2.96. The first-order chi connectivity index (χ1) is 10.2. The van der Waals surface area contributed by atoms with Gasteiger partial charge in [0.25, 0.3) is 0 Å². The number of hydrogen-bond acceptors (Lipinski definition) is 4. The summed E-state index contributed by atoms with van der Waals surface area (Å²) < 4.78 is 58.3. The minimum Gasteiger partial charge on any atom is -0.545 e. The molecule has 0 saturated heterocycles. The molecule has 22 heavy (non-hydrogen) atoms. The fourth-order valence-electron chi connectivity index (χ4n) is 1.83. The van der Waals surface area contributed by atoms with E-state index in [1.807, 2.05) is 0 Å². The predicted molar refractivity (Wildman–Crippen MR) is 72.1 cm³/mol. The lowest BCUT2D eigenvalue weighted by molar-refractivity contribution is -0.255. The Balaban J connectivity index is 2.71. The largest absolute Gasteiger partial charge is 0.545 e. The molecule has 0 saturated carbocycles. The van der Waals surface area contributed by atoms with Gasteiger partial charge in [0.15, 0.2) is 17.3 Å². The molecule has 0 fully saturated rings. The van der Waals surface area contributed by atoms with Gasteiger partial charge in [0, 0.05) is 11.6 Å². The van der Waals surface area contributed by atoms with Gasteiger partial charge in [-0.2, -0.15) is 18.3 Å². The Bertz CT molecular complexity index is 719. The van der Waals surface area contributed by atoms with Crippen LogP contribution in [0.25, 0.3) is 5.69 Å². The number of methoxy groups -OCH3 is 1. The molecule has 2 rings (SSSR count). The number of hydrogen-bond donors (Lipinski definition) is 0. The molecule has 1 aromatic carbocycles. The molecule has 0 unspecified atom stereocenters. The van der Waals surface area contributed by atoms with Gasteiger partial charge < -0.3 is 14.6 Å². The number of alkyl halides is 3. The lowest BCUT2D eigenvalue weighted by atomic mass is 10.2. The van der Waals surface area contributed by atoms with E-state index in [0.717, 1.165) is 6.07 Å². The lowest BCUT2D eigenvalue weighted by Crippen LogP contribution is -2.26. The van der Waals surface area contributed by atoms with Crippen LogP contribution in [0.5, 0.6) is 5.75 Å². The predicted octanol–water partition coefficient (Wildman–Crippen LogP) is 2.01. The van der Waals surface area contributed by atoms with Crippen LogP contribution in [-0.2, 0) is 6.18 Å². The van der Waals surface area contributed by atoms with Crippen molar-refractivity contribution in [1.82, 2.24) is 9.78 Å². The quantitative estimate of drug-likeness (QED) is 0.554. The number of carboxylic acid groups (broad SMARTS) is 1. The number of carbonyl (C=O) groups excluding carboxylic acids is 1. The van der Waals surface area contributed by atoms with E-state index in [4.69, 9.17) is 4.74 Å². The molecule has 0 amide bonds. The highest BCUT2D eigenvalue weighted by molar-refractivity contribution is 14.1. The number of carbonyl (C=O) groups is 1. The number of carboxylic acids is 1. The van der Waals surface area contributed by atoms with Gasteiger partial charge in [-0.05, 0) is 28.7 Å². The monoisotopic (exact) mass is 429 g/mol. The Hall–Kier alpha value is -1.85. The molecule has 0 spiro atoms. The summed E-state index contributed by atoms with van der Waals surface area (Å²) in [7, 11) is 1.21. The SMILES string of the molecule is COc1c(F)cc(-n2ncc(C(=O)[O-])c2C(F)(F)F)cc1I. The van der Waals surface area contributed by atoms with Crippen molar-refractivity contribution < 1.29 is 32.2 Å². The molecule has 0 aliphatic carbocycles. The second-order valence-electron chi connectivity index (χ2n) is 4.05. The van der Waals surface area contributed by atoms with Crippen LogP contribution >= 0.6 is 22.6 Å². The Morgan fingerprint density at radius 2 is 2.05 bits per heavy atom. The molecular weight excluding hydrogens is 423 g/mol. The van der Waals surface area contributed by atoms with Gasteiger partial charge in [0.1, 0.15) is 0 Å². The third kappa shape index (κ3) is 2.87. The topological polar surface area (TPSA) is 67.2 Å². The number of aromatic nitrogens is 2. The summed E-state index contributed by atoms with van der Waals surface area (Å²) >= 11 is 1.68. The zero-order chi connectivity index (χ0) is 16.7. The molecule has 1 aromatic heterocycles. The smallest absolute Gasteiger partial charge is 0.434 e. The van der Waals surface area contributed by atoms with Crippen LogP contribution in [0, 0.1) is 9.39 Å². The Morgan fingerprint density at radius 1 is 1.41 bits per heavy atom. The van der Waals surface area contributed by atoms with Crippen LogP contribution in [-0.4, -0.2) is 22.9 Å². The van der Waals surface area contributed by atoms with Crippen molar-refractivity contribution in [2.75, 3.05) is 7.11 Å². The van der Waals surface area contributed by atoms with Gasteiger partial charge in [0.05, 0.1) is 28.5 Å². The van der Waals surface area contributed by atoms with Crippen molar-refractivity contribution in [2.24, 2.45) is 0 Å². The molecule has 0 N–H and O–H groups in total. The van der Waals surface area contributed by atoms with Gasteiger partial charge in [-0.25, -0.2) is 9.07 Å². The van der Waals surface area contributed by atoms with E-state index < -0.39 is 29.2 Å². The van der Waals surface area contributed by atoms with E-state index in [1.54, 1.807) is 22.6 Å². The third-order valence-corrected chi connectivity index (χ3v) is 3.49. The van der Waals surface area contributed by atoms with Crippen molar-refractivity contribution >= 4 is 28.6 Å². The second-order valence-corrected chi connectivity index (χ2v) is 5.21. The highest BCUT2D eigenvalue weighted by Gasteiger charge is 2.39. The fourth-order valence-corrected chi connectivity index (χ4v) is 2.63. The molecule has 10 heteroatoms. The molecule has 0 bridgehead atoms. The first-order valence-corrected chi connectivity index (χ1v) is 6.64. The molecule has 5 nitrogen and oxygen atoms in total. The summed E-state index contributed by atoms with van der Waals surface area (Å²) in [5, 5.41) is 14.2. The number of aromatic carboxylic acids is 1. The Labute approximate surface area is 134 Å². The summed E-state index contributed by atoms with van der Waals surface area (Å²) in [6, 6.07) is 1.95. The van der Waals surface area contributed by atoms with Gasteiger partial charge >= 0.3 is 6.18 Å². The Morgan fingerprint density at radius 3 is 2.50 bits per heavy atom. The van der Waals surface area contributed by atoms with Gasteiger partial charge in [-0.3, -0.25) is 0 Å². The average molecular weight is 429 g/mol. The maximum absolute atomic E-state index is 13.8. The van der Waals surface area contributed by atoms with E-state index in [1.165, 1.54) is 13.2 Å². The van der Waals surface area contributed by atoms with E-state index in [-0.39, 0.29) is 15.0 Å². The second kappa shape index (κ2) is 5.74. The summed E-state index contributed by atoms with van der Waals surface area (Å²) in [5.74, 6) is -3.06. The normalized spacial score (nSPS) is 11.5. The maximum Gasteiger partial charge on any atom is 0.434 e. The van der Waals surface area contributed by atoms with E-state index in [0.29, 0.717) is 10.9 Å². The van der Waals surface area contributed by atoms with Gasteiger partial charge in [-0.15, -0.1) is 0 Å². The van der Waals surface area contributed by atoms with Crippen molar-refractivity contribution in [2.45, 2.75) is 6.18 Å². The number of benzene rings is 1. The zero-order valence-corrected chi connectivity index (χ0v) is 12.9. The van der Waals surface area contributed by atoms with Crippen LogP contribution in [0.1, 0.15) is 16.1 Å². The van der Waals surface area contributed by atoms with Gasteiger partial charge in [0.2, 0.25) is 0 Å². The van der Waals surface area contributed by atoms with Crippen LogP contribution in [0.4, 0.5) is 17.6 Å². The zero-order valence-electron chi connectivity index (χ0n) is 10.7. The van der Waals surface area contributed by atoms with Crippen LogP contribution in [0.2, 0.25) is 0 Å². The van der Waals surface area contributed by atoms with Crippen molar-refractivity contribution in [3.63, 3.8) is 0 Å². The molecular formula is C12H6F4IN2O3-. The fraction of sp³-hybridized carbons (Fsp3) is 0.167. The minimum absolute atomic E-state index is 0.134. The first kappa shape index (κ1) is 16.5. The molecule has 2 aromatic rings. The molecule has 118 valence electrons. The van der Waals surface area contributed by atoms with Crippen molar-refractivity contribution in [3.05, 3.63) is 39.0 Å². The van der Waals surface area contributed by atoms with E-state index in [2.05, 4.69) is 5.10 Å². The van der Waals surface area contributed by atoms with Crippen LogP contribution in [0.15, 0.2) is 18.3 Å². The molecule has 0 aliphatic rings.